The highest BCUT2D eigenvalue weighted by Crippen LogP contribution is 2.50. The van der Waals surface area contributed by atoms with Crippen LogP contribution in [-0.2, 0) is 11.3 Å². The Morgan fingerprint density at radius 3 is 2.44 bits per heavy atom. The SMILES string of the molecule is CNCCCOCc1cc2c(s1)-c1ccccc1Sc1ccccc1-2. The topological polar surface area (TPSA) is 21.3 Å². The number of hydrogen-bond donors (Lipinski definition) is 1. The monoisotopic (exact) mass is 367 g/mol. The van der Waals surface area contributed by atoms with Gasteiger partial charge in [0.15, 0.2) is 0 Å². The summed E-state index contributed by atoms with van der Waals surface area (Å²) in [5, 5.41) is 3.16. The van der Waals surface area contributed by atoms with Crippen molar-refractivity contribution in [2.75, 3.05) is 20.2 Å². The number of fused-ring (bicyclic) bond motifs is 5. The van der Waals surface area contributed by atoms with E-state index in [0.717, 1.165) is 19.6 Å². The molecule has 0 bridgehead atoms. The van der Waals surface area contributed by atoms with E-state index in [0.29, 0.717) is 6.61 Å². The fraction of sp³-hybridized carbons (Fsp3) is 0.238. The van der Waals surface area contributed by atoms with Crippen molar-refractivity contribution in [3.8, 4) is 21.6 Å². The van der Waals surface area contributed by atoms with Crippen LogP contribution in [0.3, 0.4) is 0 Å². The molecule has 1 N–H and O–H groups in total. The Balaban J connectivity index is 1.68. The number of nitrogens with one attached hydrogen (secondary N) is 1. The van der Waals surface area contributed by atoms with Gasteiger partial charge in [0.2, 0.25) is 0 Å². The van der Waals surface area contributed by atoms with E-state index in [1.165, 1.54) is 36.2 Å². The first-order chi connectivity index (χ1) is 12.4. The maximum atomic E-state index is 5.87. The average Bonchev–Trinajstić information content (AvgIpc) is 3.01. The van der Waals surface area contributed by atoms with Crippen molar-refractivity contribution >= 4 is 23.1 Å². The summed E-state index contributed by atoms with van der Waals surface area (Å²) < 4.78 is 5.87. The number of ether oxygens (including phenoxy) is 1. The zero-order valence-corrected chi connectivity index (χ0v) is 15.9. The van der Waals surface area contributed by atoms with Crippen LogP contribution in [0.2, 0.25) is 0 Å². The summed E-state index contributed by atoms with van der Waals surface area (Å²) in [7, 11) is 1.98. The van der Waals surface area contributed by atoms with Gasteiger partial charge in [0.25, 0.3) is 0 Å². The number of thiophene rings is 1. The van der Waals surface area contributed by atoms with Gasteiger partial charge in [-0.2, -0.15) is 0 Å². The van der Waals surface area contributed by atoms with E-state index in [-0.39, 0.29) is 0 Å². The lowest BCUT2D eigenvalue weighted by atomic mass is 10.0. The Labute approximate surface area is 157 Å². The second kappa shape index (κ2) is 7.75. The predicted molar refractivity (Wildman–Crippen MR) is 108 cm³/mol. The molecule has 3 aromatic rings. The molecule has 0 fully saturated rings. The summed E-state index contributed by atoms with van der Waals surface area (Å²) in [4.78, 5) is 5.32. The van der Waals surface area contributed by atoms with Crippen LogP contribution in [0.4, 0.5) is 0 Å². The molecular formula is C21H21NOS2. The fourth-order valence-electron chi connectivity index (χ4n) is 3.08. The highest BCUT2D eigenvalue weighted by Gasteiger charge is 2.22. The molecule has 2 aromatic carbocycles. The molecule has 25 heavy (non-hydrogen) atoms. The van der Waals surface area contributed by atoms with E-state index >= 15 is 0 Å². The van der Waals surface area contributed by atoms with Crippen LogP contribution in [-0.4, -0.2) is 20.2 Å². The standard InChI is InChI=1S/C21H21NOS2/c1-22-11-6-12-23-14-15-13-18-16-7-2-4-9-19(16)25-20-10-5-3-8-17(20)21(18)24-15/h2-5,7-10,13,22H,6,11-12,14H2,1H3. The molecule has 128 valence electrons. The average molecular weight is 368 g/mol. The number of rotatable bonds is 6. The lowest BCUT2D eigenvalue weighted by Crippen LogP contribution is -2.10. The lowest BCUT2D eigenvalue weighted by Gasteiger charge is -2.06. The van der Waals surface area contributed by atoms with Crippen molar-refractivity contribution in [3.05, 3.63) is 59.5 Å². The Morgan fingerprint density at radius 2 is 1.64 bits per heavy atom. The number of benzene rings is 2. The minimum atomic E-state index is 0.693. The molecule has 0 aliphatic carbocycles. The van der Waals surface area contributed by atoms with Gasteiger partial charge in [-0.15, -0.1) is 11.3 Å². The normalized spacial score (nSPS) is 12.2. The molecular weight excluding hydrogens is 346 g/mol. The summed E-state index contributed by atoms with van der Waals surface area (Å²) in [5.74, 6) is 0. The van der Waals surface area contributed by atoms with Crippen molar-refractivity contribution in [3.63, 3.8) is 0 Å². The molecule has 0 radical (unpaired) electrons. The maximum absolute atomic E-state index is 5.87. The van der Waals surface area contributed by atoms with Crippen molar-refractivity contribution in [1.82, 2.24) is 5.32 Å². The van der Waals surface area contributed by atoms with Crippen LogP contribution in [0.25, 0.3) is 21.6 Å². The third kappa shape index (κ3) is 3.53. The molecule has 0 saturated heterocycles. The molecule has 2 heterocycles. The van der Waals surface area contributed by atoms with Crippen LogP contribution >= 0.6 is 23.1 Å². The molecule has 0 saturated carbocycles. The Bertz CT molecular complexity index is 809. The van der Waals surface area contributed by atoms with Gasteiger partial charge in [-0.1, -0.05) is 48.2 Å². The van der Waals surface area contributed by atoms with Crippen LogP contribution in [0.15, 0.2) is 64.4 Å². The Kier molecular flexibility index (Phi) is 5.22. The second-order valence-electron chi connectivity index (χ2n) is 6.06. The predicted octanol–water partition coefficient (Wildman–Crippen LogP) is 5.67. The van der Waals surface area contributed by atoms with Gasteiger partial charge in [-0.3, -0.25) is 0 Å². The van der Waals surface area contributed by atoms with E-state index in [1.807, 2.05) is 30.1 Å². The van der Waals surface area contributed by atoms with E-state index in [1.54, 1.807) is 0 Å². The summed E-state index contributed by atoms with van der Waals surface area (Å²) >= 11 is 3.73. The van der Waals surface area contributed by atoms with Gasteiger partial charge in [0.1, 0.15) is 0 Å². The molecule has 1 aliphatic rings. The van der Waals surface area contributed by atoms with Crippen molar-refractivity contribution in [2.24, 2.45) is 0 Å². The van der Waals surface area contributed by atoms with E-state index in [4.69, 9.17) is 4.74 Å². The molecule has 0 spiro atoms. The lowest BCUT2D eigenvalue weighted by molar-refractivity contribution is 0.121. The van der Waals surface area contributed by atoms with Crippen LogP contribution < -0.4 is 5.32 Å². The molecule has 0 atom stereocenters. The van der Waals surface area contributed by atoms with E-state index < -0.39 is 0 Å². The minimum Gasteiger partial charge on any atom is -0.376 e. The largest absolute Gasteiger partial charge is 0.376 e. The summed E-state index contributed by atoms with van der Waals surface area (Å²) in [5.41, 5.74) is 4.01. The molecule has 0 unspecified atom stereocenters. The molecule has 1 aromatic heterocycles. The van der Waals surface area contributed by atoms with Crippen LogP contribution in [0.5, 0.6) is 0 Å². The van der Waals surface area contributed by atoms with Gasteiger partial charge in [0.05, 0.1) is 6.61 Å². The smallest absolute Gasteiger partial charge is 0.0809 e. The van der Waals surface area contributed by atoms with Gasteiger partial charge >= 0.3 is 0 Å². The molecule has 2 nitrogen and oxygen atoms in total. The van der Waals surface area contributed by atoms with Crippen LogP contribution in [0, 0.1) is 0 Å². The zero-order valence-electron chi connectivity index (χ0n) is 14.2. The van der Waals surface area contributed by atoms with Gasteiger partial charge in [0, 0.05) is 37.3 Å². The van der Waals surface area contributed by atoms with Crippen molar-refractivity contribution < 1.29 is 4.74 Å². The minimum absolute atomic E-state index is 0.693. The second-order valence-corrected chi connectivity index (χ2v) is 8.28. The summed E-state index contributed by atoms with van der Waals surface area (Å²) in [6.07, 6.45) is 1.05. The third-order valence-electron chi connectivity index (χ3n) is 4.27. The maximum Gasteiger partial charge on any atom is 0.0809 e. The first-order valence-corrected chi connectivity index (χ1v) is 10.2. The number of hydrogen-bond acceptors (Lipinski definition) is 4. The van der Waals surface area contributed by atoms with E-state index in [2.05, 4.69) is 59.9 Å². The zero-order chi connectivity index (χ0) is 17.1. The quantitative estimate of drug-likeness (QED) is 0.443. The molecule has 0 amide bonds. The molecule has 4 rings (SSSR count). The van der Waals surface area contributed by atoms with Gasteiger partial charge in [-0.05, 0) is 43.8 Å². The summed E-state index contributed by atoms with van der Waals surface area (Å²) in [6, 6.07) is 19.7. The fourth-order valence-corrected chi connectivity index (χ4v) is 5.39. The van der Waals surface area contributed by atoms with Crippen molar-refractivity contribution in [2.45, 2.75) is 22.8 Å². The summed E-state index contributed by atoms with van der Waals surface area (Å²) in [6.45, 7) is 2.49. The first-order valence-electron chi connectivity index (χ1n) is 8.58. The van der Waals surface area contributed by atoms with Crippen LogP contribution in [0.1, 0.15) is 11.3 Å². The highest BCUT2D eigenvalue weighted by molar-refractivity contribution is 7.99. The van der Waals surface area contributed by atoms with Gasteiger partial charge < -0.3 is 10.1 Å². The first kappa shape index (κ1) is 16.9. The van der Waals surface area contributed by atoms with Gasteiger partial charge in [-0.25, -0.2) is 0 Å². The van der Waals surface area contributed by atoms with E-state index in [9.17, 15) is 0 Å². The molecule has 1 aliphatic heterocycles. The Morgan fingerprint density at radius 1 is 0.920 bits per heavy atom. The highest BCUT2D eigenvalue weighted by atomic mass is 32.2. The van der Waals surface area contributed by atoms with Crippen molar-refractivity contribution in [1.29, 1.82) is 0 Å². The third-order valence-corrected chi connectivity index (χ3v) is 6.57. The Hall–Kier alpha value is -1.59. The molecule has 4 heteroatoms.